The van der Waals surface area contributed by atoms with Crippen LogP contribution in [-0.2, 0) is 17.8 Å². The van der Waals surface area contributed by atoms with Gasteiger partial charge in [0.05, 0.1) is 5.69 Å². The van der Waals surface area contributed by atoms with Crippen molar-refractivity contribution >= 4 is 47.2 Å². The molecule has 1 aromatic rings. The van der Waals surface area contributed by atoms with Gasteiger partial charge in [0.2, 0.25) is 5.91 Å². The quantitative estimate of drug-likeness (QED) is 0.784. The average molecular weight is 409 g/mol. The zero-order chi connectivity index (χ0) is 16.2. The second kappa shape index (κ2) is 10.7. The predicted molar refractivity (Wildman–Crippen MR) is 109 cm³/mol. The summed E-state index contributed by atoms with van der Waals surface area (Å²) < 4.78 is 0. The van der Waals surface area contributed by atoms with Crippen LogP contribution in [0, 0.1) is 11.8 Å². The molecule has 1 saturated heterocycles. The first kappa shape index (κ1) is 22.6. The molecule has 25 heavy (non-hydrogen) atoms. The third-order valence-corrected chi connectivity index (χ3v) is 6.15. The zero-order valence-electron chi connectivity index (χ0n) is 15.0. The third kappa shape index (κ3) is 6.07. The molecule has 2 aliphatic heterocycles. The number of carbonyl (C=O) groups excluding carboxylic acids is 1. The molecule has 2 unspecified atom stereocenters. The van der Waals surface area contributed by atoms with Crippen molar-refractivity contribution in [2.75, 3.05) is 31.5 Å². The van der Waals surface area contributed by atoms with Crippen molar-refractivity contribution in [2.45, 2.75) is 46.1 Å². The van der Waals surface area contributed by atoms with Crippen LogP contribution < -0.4 is 10.6 Å². The van der Waals surface area contributed by atoms with Gasteiger partial charge in [-0.2, -0.15) is 0 Å². The van der Waals surface area contributed by atoms with Crippen molar-refractivity contribution in [3.8, 4) is 0 Å². The largest absolute Gasteiger partial charge is 0.316 e. The number of hydrogen-bond donors (Lipinski definition) is 2. The first-order chi connectivity index (χ1) is 11.2. The van der Waals surface area contributed by atoms with Gasteiger partial charge in [-0.3, -0.25) is 9.69 Å². The molecule has 1 aromatic heterocycles. The molecule has 2 atom stereocenters. The summed E-state index contributed by atoms with van der Waals surface area (Å²) >= 11 is 1.65. The van der Waals surface area contributed by atoms with Crippen molar-refractivity contribution in [2.24, 2.45) is 11.8 Å². The summed E-state index contributed by atoms with van der Waals surface area (Å²) in [4.78, 5) is 20.7. The highest BCUT2D eigenvalue weighted by atomic mass is 35.5. The van der Waals surface area contributed by atoms with E-state index in [0.29, 0.717) is 18.3 Å². The highest BCUT2D eigenvalue weighted by Gasteiger charge is 2.24. The fourth-order valence-electron chi connectivity index (χ4n) is 3.57. The summed E-state index contributed by atoms with van der Waals surface area (Å²) in [6, 6.07) is 0. The minimum atomic E-state index is 0. The standard InChI is InChI=1S/C17H28N4OS.2ClH/c1-3-21-8-6-14-15(11-21)23-17(19-14)20-16(22)9-12(2)13-5-4-7-18-10-13;;/h12-13,18H,3-11H2,1-2H3,(H,19,20,22);2*1H. The number of nitrogens with one attached hydrogen (secondary N) is 2. The van der Waals surface area contributed by atoms with Gasteiger partial charge in [0, 0.05) is 30.8 Å². The van der Waals surface area contributed by atoms with E-state index in [2.05, 4.69) is 34.4 Å². The summed E-state index contributed by atoms with van der Waals surface area (Å²) in [6.45, 7) is 9.68. The van der Waals surface area contributed by atoms with E-state index in [1.807, 2.05) is 0 Å². The molecule has 1 fully saturated rings. The monoisotopic (exact) mass is 408 g/mol. The molecule has 0 saturated carbocycles. The zero-order valence-corrected chi connectivity index (χ0v) is 17.5. The summed E-state index contributed by atoms with van der Waals surface area (Å²) in [7, 11) is 0. The fourth-order valence-corrected chi connectivity index (χ4v) is 4.63. The summed E-state index contributed by atoms with van der Waals surface area (Å²) in [5, 5.41) is 7.25. The molecule has 0 aliphatic carbocycles. The molecule has 0 spiro atoms. The predicted octanol–water partition coefficient (Wildman–Crippen LogP) is 3.33. The number of anilines is 1. The second-order valence-corrected chi connectivity index (χ2v) is 7.93. The van der Waals surface area contributed by atoms with Crippen LogP contribution in [0.5, 0.6) is 0 Å². The number of nitrogens with zero attached hydrogens (tertiary/aromatic N) is 2. The number of hydrogen-bond acceptors (Lipinski definition) is 5. The molecular weight excluding hydrogens is 379 g/mol. The fraction of sp³-hybridized carbons (Fsp3) is 0.765. The molecule has 8 heteroatoms. The SMILES string of the molecule is CCN1CCc2nc(NC(=O)CC(C)C3CCCNC3)sc2C1.Cl.Cl. The second-order valence-electron chi connectivity index (χ2n) is 6.84. The third-order valence-electron chi connectivity index (χ3n) is 5.15. The van der Waals surface area contributed by atoms with E-state index in [4.69, 9.17) is 0 Å². The maximum absolute atomic E-state index is 12.3. The van der Waals surface area contributed by atoms with Crippen LogP contribution in [0.2, 0.25) is 0 Å². The number of aromatic nitrogens is 1. The molecule has 0 radical (unpaired) electrons. The van der Waals surface area contributed by atoms with Crippen molar-refractivity contribution in [3.05, 3.63) is 10.6 Å². The van der Waals surface area contributed by atoms with Gasteiger partial charge in [0.15, 0.2) is 5.13 Å². The first-order valence-corrected chi connectivity index (χ1v) is 9.69. The maximum Gasteiger partial charge on any atom is 0.226 e. The molecule has 2 aliphatic rings. The number of thiazole rings is 1. The van der Waals surface area contributed by atoms with Gasteiger partial charge in [-0.05, 0) is 44.3 Å². The number of fused-ring (bicyclic) bond motifs is 1. The van der Waals surface area contributed by atoms with Crippen molar-refractivity contribution in [3.63, 3.8) is 0 Å². The Morgan fingerprint density at radius 3 is 2.96 bits per heavy atom. The molecule has 5 nitrogen and oxygen atoms in total. The van der Waals surface area contributed by atoms with Crippen molar-refractivity contribution in [1.82, 2.24) is 15.2 Å². The average Bonchev–Trinajstić information content (AvgIpc) is 2.96. The van der Waals surface area contributed by atoms with Gasteiger partial charge >= 0.3 is 0 Å². The maximum atomic E-state index is 12.3. The summed E-state index contributed by atoms with van der Waals surface area (Å²) in [5.41, 5.74) is 1.18. The number of halogens is 2. The lowest BCUT2D eigenvalue weighted by Gasteiger charge is -2.27. The van der Waals surface area contributed by atoms with Crippen molar-refractivity contribution < 1.29 is 4.79 Å². The van der Waals surface area contributed by atoms with E-state index >= 15 is 0 Å². The normalized spacial score (nSPS) is 21.4. The number of carbonyl (C=O) groups is 1. The first-order valence-electron chi connectivity index (χ1n) is 8.87. The van der Waals surface area contributed by atoms with Crippen LogP contribution in [0.3, 0.4) is 0 Å². The highest BCUT2D eigenvalue weighted by Crippen LogP contribution is 2.29. The Morgan fingerprint density at radius 1 is 1.48 bits per heavy atom. The van der Waals surface area contributed by atoms with Crippen LogP contribution in [-0.4, -0.2) is 42.0 Å². The Balaban J connectivity index is 0.00000156. The van der Waals surface area contributed by atoms with Gasteiger partial charge < -0.3 is 10.6 Å². The lowest BCUT2D eigenvalue weighted by Crippen LogP contribution is -2.34. The number of rotatable bonds is 5. The van der Waals surface area contributed by atoms with E-state index < -0.39 is 0 Å². The topological polar surface area (TPSA) is 57.3 Å². The van der Waals surface area contributed by atoms with Gasteiger partial charge in [0.1, 0.15) is 0 Å². The van der Waals surface area contributed by atoms with Crippen LogP contribution >= 0.6 is 36.2 Å². The van der Waals surface area contributed by atoms with E-state index in [1.165, 1.54) is 23.4 Å². The Labute approximate surface area is 167 Å². The minimum absolute atomic E-state index is 0. The smallest absolute Gasteiger partial charge is 0.226 e. The Bertz CT molecular complexity index is 549. The van der Waals surface area contributed by atoms with Crippen LogP contribution in [0.15, 0.2) is 0 Å². The van der Waals surface area contributed by atoms with Crippen LogP contribution in [0.4, 0.5) is 5.13 Å². The lowest BCUT2D eigenvalue weighted by atomic mass is 9.85. The molecule has 3 heterocycles. The van der Waals surface area contributed by atoms with Crippen molar-refractivity contribution in [1.29, 1.82) is 0 Å². The molecule has 0 bridgehead atoms. The van der Waals surface area contributed by atoms with Gasteiger partial charge in [-0.25, -0.2) is 4.98 Å². The molecule has 144 valence electrons. The Morgan fingerprint density at radius 2 is 2.28 bits per heavy atom. The van der Waals surface area contributed by atoms with Gasteiger partial charge in [0.25, 0.3) is 0 Å². The lowest BCUT2D eigenvalue weighted by molar-refractivity contribution is -0.117. The molecule has 2 N–H and O–H groups in total. The Kier molecular flexibility index (Phi) is 9.67. The van der Waals surface area contributed by atoms with E-state index in [1.54, 1.807) is 11.3 Å². The van der Waals surface area contributed by atoms with Gasteiger partial charge in [-0.1, -0.05) is 13.8 Å². The molecule has 3 rings (SSSR count). The molecule has 1 amide bonds. The van der Waals surface area contributed by atoms with Crippen LogP contribution in [0.25, 0.3) is 0 Å². The summed E-state index contributed by atoms with van der Waals surface area (Å²) in [6.07, 6.45) is 4.06. The van der Waals surface area contributed by atoms with E-state index in [9.17, 15) is 4.79 Å². The number of amides is 1. The van der Waals surface area contributed by atoms with E-state index in [0.717, 1.165) is 44.3 Å². The Hall–Kier alpha value is -0.400. The number of piperidine rings is 1. The number of likely N-dealkylation sites (N-methyl/N-ethyl adjacent to an activating group) is 1. The van der Waals surface area contributed by atoms with E-state index in [-0.39, 0.29) is 30.7 Å². The highest BCUT2D eigenvalue weighted by molar-refractivity contribution is 7.15. The molecular formula is C17H30Cl2N4OS. The van der Waals surface area contributed by atoms with Gasteiger partial charge in [-0.15, -0.1) is 36.2 Å². The molecule has 0 aromatic carbocycles. The minimum Gasteiger partial charge on any atom is -0.316 e. The van der Waals surface area contributed by atoms with Crippen LogP contribution in [0.1, 0.15) is 43.7 Å². The summed E-state index contributed by atoms with van der Waals surface area (Å²) in [5.74, 6) is 1.16.